The third-order valence-corrected chi connectivity index (χ3v) is 4.93. The van der Waals surface area contributed by atoms with E-state index in [-0.39, 0.29) is 0 Å². The molecule has 0 heterocycles. The summed E-state index contributed by atoms with van der Waals surface area (Å²) in [5.74, 6) is 3.12. The highest BCUT2D eigenvalue weighted by atomic mass is 14.9. The molecule has 0 saturated heterocycles. The molecule has 2 rings (SSSR count). The van der Waals surface area contributed by atoms with E-state index in [1.54, 1.807) is 0 Å². The summed E-state index contributed by atoms with van der Waals surface area (Å²) >= 11 is 0. The van der Waals surface area contributed by atoms with Gasteiger partial charge in [0.2, 0.25) is 0 Å². The van der Waals surface area contributed by atoms with Crippen LogP contribution in [0.25, 0.3) is 0 Å². The van der Waals surface area contributed by atoms with Crippen LogP contribution in [0, 0.1) is 17.8 Å². The van der Waals surface area contributed by atoms with Crippen molar-refractivity contribution in [3.8, 4) is 0 Å². The molecule has 1 N–H and O–H groups in total. The maximum Gasteiger partial charge on any atom is 0.00696 e. The lowest BCUT2D eigenvalue weighted by Gasteiger charge is -2.38. The Labute approximate surface area is 101 Å². The van der Waals surface area contributed by atoms with Crippen LogP contribution in [0.2, 0.25) is 0 Å². The SMILES string of the molecule is CCNC1CCCC(C2CCC(C)CC2)C1. The molecule has 16 heavy (non-hydrogen) atoms. The summed E-state index contributed by atoms with van der Waals surface area (Å²) < 4.78 is 0. The second-order valence-electron chi connectivity index (χ2n) is 6.20. The third kappa shape index (κ3) is 3.23. The molecule has 2 saturated carbocycles. The second-order valence-corrected chi connectivity index (χ2v) is 6.20. The lowest BCUT2D eigenvalue weighted by atomic mass is 9.70. The Hall–Kier alpha value is -0.0400. The summed E-state index contributed by atoms with van der Waals surface area (Å²) in [5.41, 5.74) is 0. The molecule has 0 radical (unpaired) electrons. The fourth-order valence-electron chi connectivity index (χ4n) is 3.89. The zero-order chi connectivity index (χ0) is 11.4. The van der Waals surface area contributed by atoms with E-state index in [1.165, 1.54) is 51.4 Å². The van der Waals surface area contributed by atoms with E-state index in [2.05, 4.69) is 19.2 Å². The Morgan fingerprint density at radius 2 is 1.69 bits per heavy atom. The van der Waals surface area contributed by atoms with E-state index in [0.29, 0.717) is 0 Å². The van der Waals surface area contributed by atoms with Gasteiger partial charge in [-0.25, -0.2) is 0 Å². The van der Waals surface area contributed by atoms with Crippen LogP contribution in [0.15, 0.2) is 0 Å². The van der Waals surface area contributed by atoms with E-state index < -0.39 is 0 Å². The van der Waals surface area contributed by atoms with E-state index in [4.69, 9.17) is 0 Å². The lowest BCUT2D eigenvalue weighted by molar-refractivity contribution is 0.154. The molecule has 0 amide bonds. The van der Waals surface area contributed by atoms with Gasteiger partial charge in [-0.3, -0.25) is 0 Å². The van der Waals surface area contributed by atoms with Gasteiger partial charge in [0.05, 0.1) is 0 Å². The maximum absolute atomic E-state index is 3.66. The molecule has 2 aliphatic carbocycles. The number of hydrogen-bond acceptors (Lipinski definition) is 1. The van der Waals surface area contributed by atoms with Crippen molar-refractivity contribution in [2.24, 2.45) is 17.8 Å². The molecule has 0 bridgehead atoms. The van der Waals surface area contributed by atoms with Crippen molar-refractivity contribution in [2.45, 2.75) is 71.3 Å². The molecule has 2 atom stereocenters. The van der Waals surface area contributed by atoms with Crippen LogP contribution in [0.3, 0.4) is 0 Å². The van der Waals surface area contributed by atoms with Crippen molar-refractivity contribution < 1.29 is 0 Å². The minimum Gasteiger partial charge on any atom is -0.314 e. The largest absolute Gasteiger partial charge is 0.314 e. The first-order valence-corrected chi connectivity index (χ1v) is 7.53. The van der Waals surface area contributed by atoms with Crippen LogP contribution < -0.4 is 5.32 Å². The molecule has 2 aliphatic rings. The van der Waals surface area contributed by atoms with E-state index in [0.717, 1.165) is 30.3 Å². The molecule has 2 unspecified atom stereocenters. The first kappa shape index (κ1) is 12.4. The highest BCUT2D eigenvalue weighted by Crippen LogP contribution is 2.39. The van der Waals surface area contributed by atoms with Crippen LogP contribution in [0.1, 0.15) is 65.2 Å². The van der Waals surface area contributed by atoms with E-state index in [1.807, 2.05) is 0 Å². The fraction of sp³-hybridized carbons (Fsp3) is 1.00. The zero-order valence-corrected chi connectivity index (χ0v) is 11.2. The summed E-state index contributed by atoms with van der Waals surface area (Å²) in [6, 6.07) is 0.836. The molecule has 0 aromatic rings. The van der Waals surface area contributed by atoms with Gasteiger partial charge in [-0.2, -0.15) is 0 Å². The van der Waals surface area contributed by atoms with Crippen molar-refractivity contribution >= 4 is 0 Å². The van der Waals surface area contributed by atoms with Crippen molar-refractivity contribution in [1.82, 2.24) is 5.32 Å². The van der Waals surface area contributed by atoms with Crippen LogP contribution in [-0.4, -0.2) is 12.6 Å². The van der Waals surface area contributed by atoms with Gasteiger partial charge in [-0.15, -0.1) is 0 Å². The highest BCUT2D eigenvalue weighted by molar-refractivity contribution is 4.84. The normalized spacial score (nSPS) is 40.9. The van der Waals surface area contributed by atoms with Gasteiger partial charge in [0.25, 0.3) is 0 Å². The molecule has 0 aromatic carbocycles. The van der Waals surface area contributed by atoms with Gasteiger partial charge >= 0.3 is 0 Å². The minimum atomic E-state index is 0.836. The van der Waals surface area contributed by atoms with Crippen molar-refractivity contribution in [2.75, 3.05) is 6.54 Å². The quantitative estimate of drug-likeness (QED) is 0.763. The smallest absolute Gasteiger partial charge is 0.00696 e. The van der Waals surface area contributed by atoms with Crippen molar-refractivity contribution in [3.05, 3.63) is 0 Å². The van der Waals surface area contributed by atoms with Gasteiger partial charge in [0.1, 0.15) is 0 Å². The number of rotatable bonds is 3. The zero-order valence-electron chi connectivity index (χ0n) is 11.2. The predicted octanol–water partition coefficient (Wildman–Crippen LogP) is 3.98. The minimum absolute atomic E-state index is 0.836. The van der Waals surface area contributed by atoms with Crippen LogP contribution >= 0.6 is 0 Å². The van der Waals surface area contributed by atoms with E-state index in [9.17, 15) is 0 Å². The Morgan fingerprint density at radius 1 is 0.938 bits per heavy atom. The molecule has 2 fully saturated rings. The predicted molar refractivity (Wildman–Crippen MR) is 70.5 cm³/mol. The van der Waals surface area contributed by atoms with Gasteiger partial charge in [-0.05, 0) is 50.0 Å². The Balaban J connectivity index is 1.80. The summed E-state index contributed by atoms with van der Waals surface area (Å²) in [5, 5.41) is 3.66. The Morgan fingerprint density at radius 3 is 2.38 bits per heavy atom. The molecule has 1 heteroatoms. The van der Waals surface area contributed by atoms with Gasteiger partial charge in [0.15, 0.2) is 0 Å². The summed E-state index contributed by atoms with van der Waals surface area (Å²) in [4.78, 5) is 0. The molecular formula is C15H29N. The topological polar surface area (TPSA) is 12.0 Å². The summed E-state index contributed by atoms with van der Waals surface area (Å²) in [6.07, 6.45) is 11.9. The number of hydrogen-bond donors (Lipinski definition) is 1. The monoisotopic (exact) mass is 223 g/mol. The van der Waals surface area contributed by atoms with Gasteiger partial charge < -0.3 is 5.32 Å². The molecular weight excluding hydrogens is 194 g/mol. The summed E-state index contributed by atoms with van der Waals surface area (Å²) in [7, 11) is 0. The molecule has 1 nitrogen and oxygen atoms in total. The standard InChI is InChI=1S/C15H29N/c1-3-16-15-6-4-5-14(11-15)13-9-7-12(2)8-10-13/h12-16H,3-11H2,1-2H3. The Bertz CT molecular complexity index is 192. The first-order valence-electron chi connectivity index (χ1n) is 7.53. The maximum atomic E-state index is 3.66. The van der Waals surface area contributed by atoms with Crippen LogP contribution in [0.5, 0.6) is 0 Å². The van der Waals surface area contributed by atoms with Crippen molar-refractivity contribution in [3.63, 3.8) is 0 Å². The van der Waals surface area contributed by atoms with Crippen LogP contribution in [0.4, 0.5) is 0 Å². The Kier molecular flexibility index (Phi) is 4.69. The first-order chi connectivity index (χ1) is 7.79. The third-order valence-electron chi connectivity index (χ3n) is 4.93. The molecule has 0 aliphatic heterocycles. The average Bonchev–Trinajstić information content (AvgIpc) is 2.31. The lowest BCUT2D eigenvalue weighted by Crippen LogP contribution is -2.36. The van der Waals surface area contributed by atoms with Gasteiger partial charge in [0, 0.05) is 6.04 Å². The highest BCUT2D eigenvalue weighted by Gasteiger charge is 2.30. The van der Waals surface area contributed by atoms with Gasteiger partial charge in [-0.1, -0.05) is 39.5 Å². The number of nitrogens with one attached hydrogen (secondary N) is 1. The van der Waals surface area contributed by atoms with Crippen molar-refractivity contribution in [1.29, 1.82) is 0 Å². The summed E-state index contributed by atoms with van der Waals surface area (Å²) in [6.45, 7) is 5.82. The molecule has 0 spiro atoms. The van der Waals surface area contributed by atoms with E-state index >= 15 is 0 Å². The van der Waals surface area contributed by atoms with Crippen LogP contribution in [-0.2, 0) is 0 Å². The average molecular weight is 223 g/mol. The molecule has 0 aromatic heterocycles. The molecule has 94 valence electrons. The second kappa shape index (κ2) is 6.05. The fourth-order valence-corrected chi connectivity index (χ4v) is 3.89.